The fourth-order valence-corrected chi connectivity index (χ4v) is 1.41. The molecule has 1 saturated heterocycles. The van der Waals surface area contributed by atoms with E-state index in [1.54, 1.807) is 0 Å². The molecule has 1 unspecified atom stereocenters. The molecule has 1 aliphatic heterocycles. The molecule has 1 aliphatic rings. The van der Waals surface area contributed by atoms with Crippen LogP contribution in [0.5, 0.6) is 0 Å². The quantitative estimate of drug-likeness (QED) is 0.687. The van der Waals surface area contributed by atoms with Crippen molar-refractivity contribution in [3.8, 4) is 0 Å². The topological polar surface area (TPSA) is 41.5 Å². The molecule has 0 bridgehead atoms. The van der Waals surface area contributed by atoms with E-state index >= 15 is 0 Å². The summed E-state index contributed by atoms with van der Waals surface area (Å²) in [6.07, 6.45) is 3.96. The highest BCUT2D eigenvalue weighted by molar-refractivity contribution is 4.78. The lowest BCUT2D eigenvalue weighted by Gasteiger charge is -2.29. The molecule has 0 aromatic heterocycles. The summed E-state index contributed by atoms with van der Waals surface area (Å²) in [4.78, 5) is 0. The number of ether oxygens (including phenoxy) is 1. The minimum Gasteiger partial charge on any atom is -0.394 e. The van der Waals surface area contributed by atoms with Gasteiger partial charge in [0.25, 0.3) is 0 Å². The van der Waals surface area contributed by atoms with Crippen molar-refractivity contribution in [1.29, 1.82) is 0 Å². The maximum Gasteiger partial charge on any atom is 0.0699 e. The van der Waals surface area contributed by atoms with Crippen LogP contribution in [0.1, 0.15) is 33.1 Å². The molecule has 0 radical (unpaired) electrons. The highest BCUT2D eigenvalue weighted by atomic mass is 16.5. The Bertz CT molecular complexity index is 142. The van der Waals surface area contributed by atoms with Gasteiger partial charge in [0.2, 0.25) is 0 Å². The summed E-state index contributed by atoms with van der Waals surface area (Å²) < 4.78 is 5.57. The van der Waals surface area contributed by atoms with Crippen LogP contribution in [0, 0.1) is 0 Å². The minimum atomic E-state index is -0.180. The predicted molar refractivity (Wildman–Crippen MR) is 52.8 cm³/mol. The fourth-order valence-electron chi connectivity index (χ4n) is 1.41. The summed E-state index contributed by atoms with van der Waals surface area (Å²) in [6, 6.07) is 0. The van der Waals surface area contributed by atoms with Crippen LogP contribution in [0.25, 0.3) is 0 Å². The van der Waals surface area contributed by atoms with Gasteiger partial charge in [-0.05, 0) is 33.1 Å². The lowest BCUT2D eigenvalue weighted by Crippen LogP contribution is -2.47. The number of rotatable bonds is 4. The van der Waals surface area contributed by atoms with Crippen molar-refractivity contribution in [3.63, 3.8) is 0 Å². The molecule has 2 N–H and O–H groups in total. The summed E-state index contributed by atoms with van der Waals surface area (Å²) in [5, 5.41) is 12.3. The summed E-state index contributed by atoms with van der Waals surface area (Å²) in [6.45, 7) is 5.91. The summed E-state index contributed by atoms with van der Waals surface area (Å²) in [5.41, 5.74) is -0.180. The van der Waals surface area contributed by atoms with Crippen molar-refractivity contribution < 1.29 is 9.84 Å². The molecule has 78 valence electrons. The Balaban J connectivity index is 2.17. The van der Waals surface area contributed by atoms with Crippen molar-refractivity contribution in [2.45, 2.75) is 44.8 Å². The zero-order valence-corrected chi connectivity index (χ0v) is 8.68. The van der Waals surface area contributed by atoms with Crippen LogP contribution in [-0.2, 0) is 4.74 Å². The third-order valence-corrected chi connectivity index (χ3v) is 2.48. The van der Waals surface area contributed by atoms with E-state index in [4.69, 9.17) is 9.84 Å². The van der Waals surface area contributed by atoms with Gasteiger partial charge in [0.05, 0.1) is 12.7 Å². The van der Waals surface area contributed by atoms with E-state index in [1.807, 2.05) is 13.8 Å². The van der Waals surface area contributed by atoms with Crippen molar-refractivity contribution in [2.24, 2.45) is 0 Å². The van der Waals surface area contributed by atoms with Crippen LogP contribution in [-0.4, -0.2) is 36.5 Å². The standard InChI is InChI=1S/C10H21NO2/c1-10(2,8-12)11-7-9-5-3-4-6-13-9/h9,11-12H,3-8H2,1-2H3. The molecular weight excluding hydrogens is 166 g/mol. The van der Waals surface area contributed by atoms with E-state index in [2.05, 4.69) is 5.32 Å². The monoisotopic (exact) mass is 187 g/mol. The van der Waals surface area contributed by atoms with Crippen LogP contribution < -0.4 is 5.32 Å². The zero-order valence-electron chi connectivity index (χ0n) is 8.68. The van der Waals surface area contributed by atoms with Crippen molar-refractivity contribution >= 4 is 0 Å². The Labute approximate surface area is 80.5 Å². The molecule has 0 amide bonds. The Kier molecular flexibility index (Phi) is 4.16. The van der Waals surface area contributed by atoms with Crippen LogP contribution >= 0.6 is 0 Å². The van der Waals surface area contributed by atoms with Gasteiger partial charge in [-0.25, -0.2) is 0 Å². The molecule has 0 spiro atoms. The van der Waals surface area contributed by atoms with Gasteiger partial charge in [-0.3, -0.25) is 0 Å². The first-order valence-corrected chi connectivity index (χ1v) is 5.11. The minimum absolute atomic E-state index is 0.166. The van der Waals surface area contributed by atoms with E-state index in [9.17, 15) is 0 Å². The SMILES string of the molecule is CC(C)(CO)NCC1CCCCO1. The summed E-state index contributed by atoms with van der Waals surface area (Å²) >= 11 is 0. The first kappa shape index (κ1) is 11.0. The Hall–Kier alpha value is -0.120. The average Bonchev–Trinajstić information content (AvgIpc) is 2.17. The number of hydrogen-bond acceptors (Lipinski definition) is 3. The molecule has 1 heterocycles. The number of aliphatic hydroxyl groups excluding tert-OH is 1. The lowest BCUT2D eigenvalue weighted by molar-refractivity contribution is 0.0108. The molecule has 1 fully saturated rings. The second-order valence-electron chi connectivity index (χ2n) is 4.41. The van der Waals surface area contributed by atoms with Crippen molar-refractivity contribution in [1.82, 2.24) is 5.32 Å². The molecule has 1 rings (SSSR count). The van der Waals surface area contributed by atoms with Crippen LogP contribution in [0.3, 0.4) is 0 Å². The Morgan fingerprint density at radius 3 is 2.77 bits per heavy atom. The average molecular weight is 187 g/mol. The predicted octanol–water partition coefficient (Wildman–Crippen LogP) is 0.916. The van der Waals surface area contributed by atoms with Gasteiger partial charge in [-0.15, -0.1) is 0 Å². The molecule has 0 aromatic carbocycles. The molecule has 0 aromatic rings. The Morgan fingerprint density at radius 2 is 2.23 bits per heavy atom. The van der Waals surface area contributed by atoms with Gasteiger partial charge >= 0.3 is 0 Å². The van der Waals surface area contributed by atoms with E-state index in [1.165, 1.54) is 12.8 Å². The maximum atomic E-state index is 9.02. The number of nitrogens with one attached hydrogen (secondary N) is 1. The second kappa shape index (κ2) is 4.94. The summed E-state index contributed by atoms with van der Waals surface area (Å²) in [5.74, 6) is 0. The number of aliphatic hydroxyl groups is 1. The number of hydrogen-bond donors (Lipinski definition) is 2. The molecular formula is C10H21NO2. The summed E-state index contributed by atoms with van der Waals surface area (Å²) in [7, 11) is 0. The lowest BCUT2D eigenvalue weighted by atomic mass is 10.1. The highest BCUT2D eigenvalue weighted by Gasteiger charge is 2.19. The molecule has 3 heteroatoms. The van der Waals surface area contributed by atoms with Crippen LogP contribution in [0.2, 0.25) is 0 Å². The molecule has 0 saturated carbocycles. The molecule has 1 atom stereocenters. The third kappa shape index (κ3) is 4.07. The second-order valence-corrected chi connectivity index (χ2v) is 4.41. The largest absolute Gasteiger partial charge is 0.394 e. The first-order valence-electron chi connectivity index (χ1n) is 5.11. The van der Waals surface area contributed by atoms with E-state index < -0.39 is 0 Å². The zero-order chi connectivity index (χ0) is 9.73. The fraction of sp³-hybridized carbons (Fsp3) is 1.00. The van der Waals surface area contributed by atoms with Crippen LogP contribution in [0.15, 0.2) is 0 Å². The van der Waals surface area contributed by atoms with Gasteiger partial charge in [0, 0.05) is 18.7 Å². The van der Waals surface area contributed by atoms with Gasteiger partial charge in [-0.2, -0.15) is 0 Å². The molecule has 13 heavy (non-hydrogen) atoms. The van der Waals surface area contributed by atoms with Crippen molar-refractivity contribution in [3.05, 3.63) is 0 Å². The van der Waals surface area contributed by atoms with Gasteiger partial charge < -0.3 is 15.2 Å². The van der Waals surface area contributed by atoms with Crippen LogP contribution in [0.4, 0.5) is 0 Å². The molecule has 0 aliphatic carbocycles. The van der Waals surface area contributed by atoms with E-state index in [0.717, 1.165) is 19.6 Å². The normalized spacial score (nSPS) is 24.7. The first-order chi connectivity index (χ1) is 6.14. The van der Waals surface area contributed by atoms with Gasteiger partial charge in [-0.1, -0.05) is 0 Å². The highest BCUT2D eigenvalue weighted by Crippen LogP contribution is 2.12. The van der Waals surface area contributed by atoms with Gasteiger partial charge in [0.15, 0.2) is 0 Å². The maximum absolute atomic E-state index is 9.02. The van der Waals surface area contributed by atoms with E-state index in [0.29, 0.717) is 6.10 Å². The van der Waals surface area contributed by atoms with Crippen molar-refractivity contribution in [2.75, 3.05) is 19.8 Å². The Morgan fingerprint density at radius 1 is 1.46 bits per heavy atom. The third-order valence-electron chi connectivity index (χ3n) is 2.48. The molecule has 3 nitrogen and oxygen atoms in total. The van der Waals surface area contributed by atoms with E-state index in [-0.39, 0.29) is 12.1 Å². The smallest absolute Gasteiger partial charge is 0.0699 e. The van der Waals surface area contributed by atoms with Gasteiger partial charge in [0.1, 0.15) is 0 Å².